The molecule has 6 nitrogen and oxygen atoms in total. The third-order valence-electron chi connectivity index (χ3n) is 1.09. The molecule has 0 rings (SSSR count). The lowest BCUT2D eigenvalue weighted by Crippen LogP contribution is -2.24. The Hall–Kier alpha value is 0.170. The van der Waals surface area contributed by atoms with Crippen LogP contribution in [0.5, 0.6) is 0 Å². The molecule has 0 aliphatic rings. The van der Waals surface area contributed by atoms with Gasteiger partial charge in [0.2, 0.25) is 13.5 Å². The van der Waals surface area contributed by atoms with Gasteiger partial charge in [0.05, 0.1) is 0 Å². The lowest BCUT2D eigenvalue weighted by Gasteiger charge is -2.20. The molecule has 1 unspecified atom stereocenters. The number of aliphatic hydroxyl groups is 1. The highest BCUT2D eigenvalue weighted by molar-refractivity contribution is 7.63. The molecule has 0 radical (unpaired) electrons. The lowest BCUT2D eigenvalue weighted by molar-refractivity contribution is 0.161. The maximum Gasteiger partial charge on any atom is 0.368 e. The van der Waals surface area contributed by atoms with Crippen LogP contribution in [0.3, 0.4) is 0 Å². The summed E-state index contributed by atoms with van der Waals surface area (Å²) >= 11 is 0. The second-order valence-electron chi connectivity index (χ2n) is 1.95. The molecule has 0 aromatic rings. The van der Waals surface area contributed by atoms with Gasteiger partial charge in [0.25, 0.3) is 0 Å². The monoisotopic (exact) mass is 201 g/mol. The van der Waals surface area contributed by atoms with Gasteiger partial charge in [-0.15, -0.1) is 0 Å². The van der Waals surface area contributed by atoms with Crippen LogP contribution in [0.25, 0.3) is 0 Å². The second kappa shape index (κ2) is 3.72. The molecule has 0 aliphatic heterocycles. The summed E-state index contributed by atoms with van der Waals surface area (Å²) in [6, 6.07) is 0. The first-order valence-electron chi connectivity index (χ1n) is 2.70. The van der Waals surface area contributed by atoms with Crippen LogP contribution in [0, 0.1) is 0 Å². The Labute approximate surface area is 64.8 Å². The van der Waals surface area contributed by atoms with Crippen LogP contribution < -0.4 is 5.73 Å². The summed E-state index contributed by atoms with van der Waals surface area (Å²) in [5.74, 6) is 0. The van der Waals surface area contributed by atoms with Crippen molar-refractivity contribution >= 4 is 16.1 Å². The highest BCUT2D eigenvalue weighted by atomic mass is 31.2. The fourth-order valence-electron chi connectivity index (χ4n) is 0.438. The summed E-state index contributed by atoms with van der Waals surface area (Å²) in [5.41, 5.74) is 4.94. The fourth-order valence-corrected chi connectivity index (χ4v) is 1.50. The molecule has 0 heterocycles. The van der Waals surface area contributed by atoms with Gasteiger partial charge in [-0.25, -0.2) is 0 Å². The molecule has 1 atom stereocenters. The van der Waals surface area contributed by atoms with Crippen LogP contribution in [0.1, 0.15) is 6.42 Å². The van der Waals surface area contributed by atoms with Crippen molar-refractivity contribution in [3.63, 3.8) is 0 Å². The number of hydrogen-bond donors (Lipinski definition) is 4. The Kier molecular flexibility index (Phi) is 3.77. The molecule has 11 heavy (non-hydrogen) atoms. The van der Waals surface area contributed by atoms with Crippen LogP contribution in [-0.4, -0.2) is 26.5 Å². The van der Waals surface area contributed by atoms with Crippen molar-refractivity contribution in [1.82, 2.24) is 0 Å². The van der Waals surface area contributed by atoms with E-state index in [1.807, 2.05) is 0 Å². The molecule has 0 amide bonds. The van der Waals surface area contributed by atoms with Gasteiger partial charge in [-0.1, -0.05) is 0 Å². The van der Waals surface area contributed by atoms with E-state index in [0.29, 0.717) is 0 Å². The average Bonchev–Trinajstić information content (AvgIpc) is 1.86. The summed E-state index contributed by atoms with van der Waals surface area (Å²) in [5, 5.41) is 6.48. The highest BCUT2D eigenvalue weighted by Gasteiger charge is 2.45. The van der Waals surface area contributed by atoms with Gasteiger partial charge >= 0.3 is 7.60 Å². The Morgan fingerprint density at radius 1 is 1.55 bits per heavy atom. The number of nitrogens with two attached hydrogens (primary N) is 1. The van der Waals surface area contributed by atoms with Gasteiger partial charge in [0.15, 0.2) is 0 Å². The molecule has 0 saturated heterocycles. The zero-order valence-corrected chi connectivity index (χ0v) is 7.33. The molecule has 0 fully saturated rings. The first-order chi connectivity index (χ1) is 4.87. The van der Waals surface area contributed by atoms with Crippen LogP contribution in [0.15, 0.2) is 0 Å². The van der Waals surface area contributed by atoms with E-state index >= 15 is 0 Å². The molecule has 0 aromatic heterocycles. The minimum atomic E-state index is -4.75. The van der Waals surface area contributed by atoms with Crippen molar-refractivity contribution < 1.29 is 24.0 Å². The predicted octanol–water partition coefficient (Wildman–Crippen LogP) is -0.549. The minimum absolute atomic E-state index is 0.142. The first kappa shape index (κ1) is 11.2. The summed E-state index contributed by atoms with van der Waals surface area (Å²) < 4.78 is 20.6. The van der Waals surface area contributed by atoms with Crippen molar-refractivity contribution in [2.45, 2.75) is 11.5 Å². The van der Waals surface area contributed by atoms with E-state index in [9.17, 15) is 9.13 Å². The van der Waals surface area contributed by atoms with Crippen molar-refractivity contribution in [1.29, 1.82) is 0 Å². The summed E-state index contributed by atoms with van der Waals surface area (Å²) in [4.78, 5) is 16.9. The Bertz CT molecular complexity index is 190. The molecule has 5 N–H and O–H groups in total. The normalized spacial score (nSPS) is 18.2. The van der Waals surface area contributed by atoms with E-state index in [2.05, 4.69) is 0 Å². The SMILES string of the molecule is NCCC(O)(P=O)P(=O)(O)O. The van der Waals surface area contributed by atoms with Crippen LogP contribution >= 0.6 is 16.1 Å². The number of hydrogen-bond acceptors (Lipinski definition) is 4. The largest absolute Gasteiger partial charge is 0.368 e. The topological polar surface area (TPSA) is 121 Å². The third kappa shape index (κ3) is 2.60. The minimum Gasteiger partial charge on any atom is -0.368 e. The van der Waals surface area contributed by atoms with Gasteiger partial charge in [-0.2, -0.15) is 0 Å². The Balaban J connectivity index is 4.60. The molecule has 0 saturated carbocycles. The van der Waals surface area contributed by atoms with Gasteiger partial charge in [0.1, 0.15) is 0 Å². The maximum atomic E-state index is 10.5. The Morgan fingerprint density at radius 2 is 2.00 bits per heavy atom. The molecule has 0 spiro atoms. The van der Waals surface area contributed by atoms with Gasteiger partial charge in [-0.3, -0.25) is 9.13 Å². The molecule has 0 aliphatic carbocycles. The van der Waals surface area contributed by atoms with Gasteiger partial charge < -0.3 is 20.6 Å². The smallest absolute Gasteiger partial charge is 0.368 e. The second-order valence-corrected chi connectivity index (χ2v) is 5.05. The maximum absolute atomic E-state index is 10.5. The fraction of sp³-hybridized carbons (Fsp3) is 1.00. The van der Waals surface area contributed by atoms with Gasteiger partial charge in [-0.05, 0) is 6.54 Å². The first-order valence-corrected chi connectivity index (χ1v) is 5.12. The highest BCUT2D eigenvalue weighted by Crippen LogP contribution is 2.56. The van der Waals surface area contributed by atoms with Crippen molar-refractivity contribution in [3.8, 4) is 0 Å². The molecular formula is C3H9NO5P2. The Morgan fingerprint density at radius 3 is 2.09 bits per heavy atom. The summed E-state index contributed by atoms with van der Waals surface area (Å²) in [6.45, 7) is -0.142. The van der Waals surface area contributed by atoms with Gasteiger partial charge in [0, 0.05) is 6.42 Å². The van der Waals surface area contributed by atoms with Crippen LogP contribution in [-0.2, 0) is 9.13 Å². The zero-order chi connectivity index (χ0) is 9.12. The van der Waals surface area contributed by atoms with Crippen LogP contribution in [0.4, 0.5) is 0 Å². The van der Waals surface area contributed by atoms with Crippen molar-refractivity contribution in [3.05, 3.63) is 0 Å². The lowest BCUT2D eigenvalue weighted by atomic mass is 10.5. The van der Waals surface area contributed by atoms with E-state index in [-0.39, 0.29) is 6.54 Å². The quantitative estimate of drug-likeness (QED) is 0.453. The van der Waals surface area contributed by atoms with E-state index in [1.54, 1.807) is 0 Å². The summed E-state index contributed by atoms with van der Waals surface area (Å²) in [6.07, 6.45) is -0.400. The summed E-state index contributed by atoms with van der Waals surface area (Å²) in [7, 11) is -5.76. The van der Waals surface area contributed by atoms with E-state index in [1.165, 1.54) is 0 Å². The van der Waals surface area contributed by atoms with Crippen LogP contribution in [0.2, 0.25) is 0 Å². The standard InChI is InChI=1S/C3H9NO5P2/c4-2-1-3(5,10-6)11(7,8)9/h5H,1-2,4H2,(H2,7,8,9). The molecule has 66 valence electrons. The molecule has 0 aromatic carbocycles. The van der Waals surface area contributed by atoms with E-state index < -0.39 is 27.6 Å². The zero-order valence-electron chi connectivity index (χ0n) is 5.54. The third-order valence-corrected chi connectivity index (χ3v) is 3.79. The molecule has 8 heteroatoms. The molecular weight excluding hydrogens is 192 g/mol. The van der Waals surface area contributed by atoms with E-state index in [4.69, 9.17) is 20.6 Å². The van der Waals surface area contributed by atoms with E-state index in [0.717, 1.165) is 0 Å². The number of rotatable bonds is 4. The molecule has 0 bridgehead atoms. The average molecular weight is 201 g/mol. The van der Waals surface area contributed by atoms with Crippen molar-refractivity contribution in [2.75, 3.05) is 6.54 Å². The van der Waals surface area contributed by atoms with Crippen molar-refractivity contribution in [2.24, 2.45) is 5.73 Å². The predicted molar refractivity (Wildman–Crippen MR) is 38.3 cm³/mol.